The van der Waals surface area contributed by atoms with Crippen LogP contribution in [0.3, 0.4) is 0 Å². The summed E-state index contributed by atoms with van der Waals surface area (Å²) in [6.45, 7) is 2.21. The maximum Gasteiger partial charge on any atom is 0.256 e. The van der Waals surface area contributed by atoms with E-state index in [4.69, 9.17) is 9.47 Å². The van der Waals surface area contributed by atoms with E-state index >= 15 is 0 Å². The van der Waals surface area contributed by atoms with Gasteiger partial charge in [-0.05, 0) is 30.5 Å². The van der Waals surface area contributed by atoms with Gasteiger partial charge >= 0.3 is 0 Å². The van der Waals surface area contributed by atoms with Crippen LogP contribution in [0.4, 0.5) is 0 Å². The number of amides is 3. The highest BCUT2D eigenvalue weighted by molar-refractivity contribution is 5.98. The fraction of sp³-hybridized carbons (Fsp3) is 0.464. The van der Waals surface area contributed by atoms with E-state index in [-0.39, 0.29) is 30.4 Å². The van der Waals surface area contributed by atoms with Gasteiger partial charge in [-0.3, -0.25) is 19.3 Å². The molecule has 2 atom stereocenters. The molecule has 5 rings (SSSR count). The van der Waals surface area contributed by atoms with Gasteiger partial charge in [-0.1, -0.05) is 48.5 Å². The number of rotatable bonds is 6. The van der Waals surface area contributed by atoms with Gasteiger partial charge in [-0.2, -0.15) is 0 Å². The highest BCUT2D eigenvalue weighted by atomic mass is 16.5. The molecule has 2 unspecified atom stereocenters. The molecule has 0 bridgehead atoms. The van der Waals surface area contributed by atoms with Crippen molar-refractivity contribution in [3.63, 3.8) is 0 Å². The Hall–Kier alpha value is -3.23. The molecule has 3 saturated heterocycles. The lowest BCUT2D eigenvalue weighted by Gasteiger charge is -2.44. The molecule has 3 heterocycles. The molecule has 0 aliphatic carbocycles. The van der Waals surface area contributed by atoms with E-state index in [0.29, 0.717) is 51.1 Å². The Morgan fingerprint density at radius 3 is 2.33 bits per heavy atom. The van der Waals surface area contributed by atoms with Crippen LogP contribution in [0.5, 0.6) is 0 Å². The largest absolute Gasteiger partial charge is 0.376 e. The van der Waals surface area contributed by atoms with Crippen molar-refractivity contribution < 1.29 is 23.9 Å². The van der Waals surface area contributed by atoms with Crippen molar-refractivity contribution in [1.82, 2.24) is 15.1 Å². The van der Waals surface area contributed by atoms with Crippen LogP contribution in [0, 0.1) is 0 Å². The number of carbonyl (C=O) groups excluding carboxylic acids is 3. The van der Waals surface area contributed by atoms with Gasteiger partial charge in [0, 0.05) is 44.6 Å². The average molecular weight is 492 g/mol. The van der Waals surface area contributed by atoms with Gasteiger partial charge in [0.1, 0.15) is 11.8 Å². The maximum absolute atomic E-state index is 13.7. The number of ether oxygens (including phenoxy) is 2. The number of benzene rings is 2. The van der Waals surface area contributed by atoms with Crippen molar-refractivity contribution in [2.75, 3.05) is 32.8 Å². The fourth-order valence-corrected chi connectivity index (χ4v) is 5.41. The second-order valence-electron chi connectivity index (χ2n) is 9.74. The summed E-state index contributed by atoms with van der Waals surface area (Å²) < 4.78 is 11.9. The Kier molecular flexibility index (Phi) is 7.34. The smallest absolute Gasteiger partial charge is 0.256 e. The molecule has 190 valence electrons. The molecule has 0 aromatic heterocycles. The zero-order valence-corrected chi connectivity index (χ0v) is 20.4. The van der Waals surface area contributed by atoms with Crippen LogP contribution in [0.2, 0.25) is 0 Å². The topological polar surface area (TPSA) is 88.2 Å². The molecule has 2 aromatic rings. The van der Waals surface area contributed by atoms with E-state index in [0.717, 1.165) is 18.4 Å². The van der Waals surface area contributed by atoms with Gasteiger partial charge in [0.15, 0.2) is 0 Å². The SMILES string of the molecule is O=C(NCC1CCCO1)C1COC2(CCN(C(=O)Cc3ccccc3)CC2)N1C(=O)c1ccccc1. The molecule has 1 spiro atoms. The summed E-state index contributed by atoms with van der Waals surface area (Å²) in [7, 11) is 0. The molecule has 8 nitrogen and oxygen atoms in total. The third-order valence-corrected chi connectivity index (χ3v) is 7.43. The molecule has 0 saturated carbocycles. The highest BCUT2D eigenvalue weighted by Crippen LogP contribution is 2.38. The number of likely N-dealkylation sites (tertiary alicyclic amines) is 1. The molecule has 3 fully saturated rings. The van der Waals surface area contributed by atoms with Crippen LogP contribution >= 0.6 is 0 Å². The van der Waals surface area contributed by atoms with E-state index in [1.54, 1.807) is 17.0 Å². The minimum absolute atomic E-state index is 0.0161. The standard InChI is InChI=1S/C28H33N3O5/c32-25(18-21-8-3-1-4-9-21)30-15-13-28(14-16-30)31(27(34)22-10-5-2-6-11-22)24(20-36-28)26(33)29-19-23-12-7-17-35-23/h1-6,8-11,23-24H,7,12-20H2,(H,29,33). The summed E-state index contributed by atoms with van der Waals surface area (Å²) in [5.74, 6) is -0.399. The molecular formula is C28H33N3O5. The van der Waals surface area contributed by atoms with Crippen molar-refractivity contribution in [2.45, 2.75) is 50.0 Å². The van der Waals surface area contributed by atoms with Crippen LogP contribution in [-0.2, 0) is 25.5 Å². The zero-order valence-electron chi connectivity index (χ0n) is 20.4. The normalized spacial score (nSPS) is 23.1. The van der Waals surface area contributed by atoms with E-state index in [9.17, 15) is 14.4 Å². The minimum Gasteiger partial charge on any atom is -0.376 e. The van der Waals surface area contributed by atoms with Crippen LogP contribution in [0.25, 0.3) is 0 Å². The first-order chi connectivity index (χ1) is 17.6. The number of nitrogens with one attached hydrogen (secondary N) is 1. The van der Waals surface area contributed by atoms with Gasteiger partial charge in [0.25, 0.3) is 5.91 Å². The Bertz CT molecular complexity index is 1060. The second kappa shape index (κ2) is 10.8. The van der Waals surface area contributed by atoms with Crippen molar-refractivity contribution in [1.29, 1.82) is 0 Å². The van der Waals surface area contributed by atoms with Gasteiger partial charge in [-0.25, -0.2) is 0 Å². The molecule has 2 aromatic carbocycles. The maximum atomic E-state index is 13.7. The lowest BCUT2D eigenvalue weighted by atomic mass is 9.96. The number of hydrogen-bond donors (Lipinski definition) is 1. The van der Waals surface area contributed by atoms with Gasteiger partial charge in [-0.15, -0.1) is 0 Å². The quantitative estimate of drug-likeness (QED) is 0.671. The molecule has 3 aliphatic heterocycles. The number of nitrogens with zero attached hydrogens (tertiary/aromatic N) is 2. The van der Waals surface area contributed by atoms with Crippen molar-refractivity contribution >= 4 is 17.7 Å². The number of carbonyl (C=O) groups is 3. The Balaban J connectivity index is 1.30. The number of piperidine rings is 1. The third kappa shape index (κ3) is 5.15. The molecule has 36 heavy (non-hydrogen) atoms. The molecule has 8 heteroatoms. The summed E-state index contributed by atoms with van der Waals surface area (Å²) in [6.07, 6.45) is 3.19. The van der Waals surface area contributed by atoms with Gasteiger partial charge < -0.3 is 19.7 Å². The minimum atomic E-state index is -0.914. The average Bonchev–Trinajstić information content (AvgIpc) is 3.57. The van der Waals surface area contributed by atoms with Crippen LogP contribution in [0.1, 0.15) is 41.6 Å². The van der Waals surface area contributed by atoms with E-state index in [1.807, 2.05) is 53.4 Å². The monoisotopic (exact) mass is 491 g/mol. The zero-order chi connectivity index (χ0) is 25.0. The van der Waals surface area contributed by atoms with E-state index < -0.39 is 11.8 Å². The Morgan fingerprint density at radius 1 is 0.972 bits per heavy atom. The van der Waals surface area contributed by atoms with E-state index in [2.05, 4.69) is 5.32 Å². The first-order valence-corrected chi connectivity index (χ1v) is 12.8. The predicted molar refractivity (Wildman–Crippen MR) is 133 cm³/mol. The van der Waals surface area contributed by atoms with Crippen molar-refractivity contribution in [3.8, 4) is 0 Å². The van der Waals surface area contributed by atoms with Gasteiger partial charge in [0.05, 0.1) is 19.1 Å². The summed E-state index contributed by atoms with van der Waals surface area (Å²) in [4.78, 5) is 43.3. The predicted octanol–water partition coefficient (Wildman–Crippen LogP) is 2.38. The number of hydrogen-bond acceptors (Lipinski definition) is 5. The molecular weight excluding hydrogens is 458 g/mol. The summed E-state index contributed by atoms with van der Waals surface area (Å²) in [5.41, 5.74) is 0.577. The third-order valence-electron chi connectivity index (χ3n) is 7.43. The van der Waals surface area contributed by atoms with Crippen LogP contribution in [-0.4, -0.2) is 78.2 Å². The molecule has 0 radical (unpaired) electrons. The van der Waals surface area contributed by atoms with Crippen molar-refractivity contribution in [2.24, 2.45) is 0 Å². The highest BCUT2D eigenvalue weighted by Gasteiger charge is 2.54. The summed E-state index contributed by atoms with van der Waals surface area (Å²) in [6, 6.07) is 18.0. The first-order valence-electron chi connectivity index (χ1n) is 12.8. The second-order valence-corrected chi connectivity index (χ2v) is 9.74. The van der Waals surface area contributed by atoms with Gasteiger partial charge in [0.2, 0.25) is 11.8 Å². The lowest BCUT2D eigenvalue weighted by Crippen LogP contribution is -2.60. The van der Waals surface area contributed by atoms with Crippen molar-refractivity contribution in [3.05, 3.63) is 71.8 Å². The van der Waals surface area contributed by atoms with E-state index in [1.165, 1.54) is 0 Å². The fourth-order valence-electron chi connectivity index (χ4n) is 5.41. The molecule has 1 N–H and O–H groups in total. The Labute approximate surface area is 211 Å². The van der Waals surface area contributed by atoms with Crippen LogP contribution in [0.15, 0.2) is 60.7 Å². The lowest BCUT2D eigenvalue weighted by molar-refractivity contribution is -0.143. The first kappa shape index (κ1) is 24.5. The summed E-state index contributed by atoms with van der Waals surface area (Å²) >= 11 is 0. The summed E-state index contributed by atoms with van der Waals surface area (Å²) in [5, 5.41) is 2.98. The van der Waals surface area contributed by atoms with Crippen LogP contribution < -0.4 is 5.32 Å². The Morgan fingerprint density at radius 2 is 1.67 bits per heavy atom. The molecule has 3 amide bonds. The molecule has 3 aliphatic rings.